The molecule has 0 aromatic heterocycles. The average molecular weight is 238 g/mol. The summed E-state index contributed by atoms with van der Waals surface area (Å²) in [7, 11) is -4.34. The molecule has 0 unspecified atom stereocenters. The van der Waals surface area contributed by atoms with Gasteiger partial charge in [0.15, 0.2) is 0 Å². The van der Waals surface area contributed by atoms with Crippen LogP contribution in [0, 0.1) is 0 Å². The molecule has 12 heavy (non-hydrogen) atoms. The van der Waals surface area contributed by atoms with Gasteiger partial charge < -0.3 is 20.6 Å². The Morgan fingerprint density at radius 2 is 1.50 bits per heavy atom. The second kappa shape index (κ2) is 17.5. The fourth-order valence-corrected chi connectivity index (χ4v) is 0.479. The van der Waals surface area contributed by atoms with Gasteiger partial charge in [-0.2, -0.15) is 0 Å². The number of phosphoric ester groups is 1. The fraction of sp³-hybridized carbons (Fsp3) is 1.00. The summed E-state index contributed by atoms with van der Waals surface area (Å²) in [6, 6.07) is 0. The molecule has 0 aromatic rings. The molecule has 0 aliphatic rings. The molecule has 0 aliphatic heterocycles. The largest absolute Gasteiger partial charge is 1.00 e. The van der Waals surface area contributed by atoms with Gasteiger partial charge in [0.05, 0.1) is 13.2 Å². The smallest absolute Gasteiger partial charge is 1.00 e. The van der Waals surface area contributed by atoms with Crippen molar-refractivity contribution in [2.75, 3.05) is 13.2 Å². The molecule has 0 spiro atoms. The van der Waals surface area contributed by atoms with Crippen molar-refractivity contribution >= 4 is 7.82 Å². The summed E-state index contributed by atoms with van der Waals surface area (Å²) in [4.78, 5) is 15.9. The molecule has 0 heterocycles. The minimum absolute atomic E-state index is 0. The van der Waals surface area contributed by atoms with Crippen molar-refractivity contribution in [1.82, 2.24) is 0 Å². The van der Waals surface area contributed by atoms with E-state index in [4.69, 9.17) is 14.9 Å². The Kier molecular flexibility index (Phi) is 43.3. The van der Waals surface area contributed by atoms with E-state index < -0.39 is 7.82 Å². The second-order valence-corrected chi connectivity index (χ2v) is 2.29. The Bertz CT molecular complexity index is 119. The van der Waals surface area contributed by atoms with Crippen LogP contribution in [0.5, 0.6) is 0 Å². The van der Waals surface area contributed by atoms with E-state index in [2.05, 4.69) is 4.52 Å². The van der Waals surface area contributed by atoms with Crippen molar-refractivity contribution in [3.8, 4) is 0 Å². The van der Waals surface area contributed by atoms with Crippen LogP contribution < -0.4 is 118 Å². The minimum atomic E-state index is -4.34. The number of aliphatic hydroxyl groups excluding tert-OH is 1. The summed E-state index contributed by atoms with van der Waals surface area (Å²) < 4.78 is 13.5. The number of aliphatic hydroxyl groups is 1. The Morgan fingerprint density at radius 3 is 1.58 bits per heavy atom. The third-order valence-corrected chi connectivity index (χ3v) is 0.870. The van der Waals surface area contributed by atoms with Crippen molar-refractivity contribution < 1.29 is 148 Å². The fourth-order valence-electron chi connectivity index (χ4n) is 0.160. The summed E-state index contributed by atoms with van der Waals surface area (Å²) >= 11 is 0. The van der Waals surface area contributed by atoms with Crippen molar-refractivity contribution in [1.29, 1.82) is 0 Å². The normalized spacial score (nSPS) is 7.92. The van der Waals surface area contributed by atoms with Crippen LogP contribution in [0.4, 0.5) is 0 Å². The van der Waals surface area contributed by atoms with Gasteiger partial charge in [-0.25, -0.2) is 4.57 Å². The molecular weight excluding hydrogens is 227 g/mol. The van der Waals surface area contributed by atoms with Crippen LogP contribution in [0.2, 0.25) is 0 Å². The molecule has 0 saturated heterocycles. The Labute approximate surface area is 166 Å². The molecule has 5 nitrogen and oxygen atoms in total. The number of rotatable bonds is 3. The summed E-state index contributed by atoms with van der Waals surface area (Å²) in [5.74, 6) is 0. The van der Waals surface area contributed by atoms with E-state index in [0.29, 0.717) is 0 Å². The first-order valence-electron chi connectivity index (χ1n) is 1.87. The van der Waals surface area contributed by atoms with E-state index in [-0.39, 0.29) is 137 Å². The topological polar surface area (TPSA) is 87.0 Å². The van der Waals surface area contributed by atoms with Crippen molar-refractivity contribution in [2.45, 2.75) is 0 Å². The van der Waals surface area contributed by atoms with E-state index in [1.54, 1.807) is 0 Å². The molecule has 0 atom stereocenters. The van der Waals surface area contributed by atoms with E-state index in [0.717, 1.165) is 0 Å². The quantitative estimate of drug-likeness (QED) is 0.336. The van der Waals surface area contributed by atoms with Gasteiger partial charge in [-0.1, -0.05) is 0 Å². The molecule has 0 saturated carbocycles. The molecule has 10 heteroatoms. The van der Waals surface area contributed by atoms with Gasteiger partial charge in [-0.3, -0.25) is 4.52 Å². The molecule has 58 valence electrons. The van der Waals surface area contributed by atoms with Crippen LogP contribution in [0.3, 0.4) is 0 Å². The van der Waals surface area contributed by atoms with Crippen molar-refractivity contribution in [3.63, 3.8) is 0 Å². The van der Waals surface area contributed by atoms with E-state index in [1.807, 2.05) is 0 Å². The average Bonchev–Trinajstić information content (AvgIpc) is 1.59. The zero-order valence-electron chi connectivity index (χ0n) is 12.0. The maximum atomic E-state index is 9.75. The zero-order chi connectivity index (χ0) is 6.62. The molecule has 0 amide bonds. The van der Waals surface area contributed by atoms with Crippen LogP contribution in [-0.2, 0) is 9.09 Å². The van der Waals surface area contributed by atoms with Crippen molar-refractivity contribution in [2.24, 2.45) is 0 Å². The van der Waals surface area contributed by atoms with Gasteiger partial charge in [-0.15, -0.1) is 0 Å². The van der Waals surface area contributed by atoms with Crippen molar-refractivity contribution in [3.05, 3.63) is 0 Å². The zero-order valence-corrected chi connectivity index (χ0v) is 16.9. The molecular formula is C2H11Na4O5P. The molecule has 0 bridgehead atoms. The van der Waals surface area contributed by atoms with Crippen LogP contribution in [0.25, 0.3) is 0 Å². The monoisotopic (exact) mass is 238 g/mol. The molecule has 0 fully saturated rings. The molecule has 0 rings (SSSR count). The second-order valence-electron chi connectivity index (χ2n) is 1.05. The summed E-state index contributed by atoms with van der Waals surface area (Å²) in [5.41, 5.74) is 0. The third kappa shape index (κ3) is 29.2. The Morgan fingerprint density at radius 1 is 1.17 bits per heavy atom. The van der Waals surface area contributed by atoms with Crippen LogP contribution in [-0.4, -0.2) is 28.1 Å². The van der Waals surface area contributed by atoms with Gasteiger partial charge >= 0.3 is 126 Å². The van der Waals surface area contributed by atoms with Gasteiger partial charge in [-0.05, 0) is 0 Å². The minimum Gasteiger partial charge on any atom is -1.00 e. The van der Waals surface area contributed by atoms with Crippen LogP contribution in [0.15, 0.2) is 0 Å². The predicted octanol–water partition coefficient (Wildman–Crippen LogP) is -12.4. The molecule has 0 aliphatic carbocycles. The van der Waals surface area contributed by atoms with Crippen LogP contribution >= 0.6 is 7.82 Å². The maximum absolute atomic E-state index is 9.75. The molecule has 0 aromatic carbocycles. The third-order valence-electron chi connectivity index (χ3n) is 0.351. The first-order chi connectivity index (χ1) is 3.56. The first kappa shape index (κ1) is 29.8. The Balaban J connectivity index is -0.00000000875. The van der Waals surface area contributed by atoms with E-state index in [9.17, 15) is 4.57 Å². The SMILES string of the molecule is O=P(O)(O)OCCO.[H-].[H-].[H-].[H-].[Na+].[Na+].[Na+].[Na+]. The first-order valence-corrected chi connectivity index (χ1v) is 3.40. The number of hydrogen-bond acceptors (Lipinski definition) is 3. The van der Waals surface area contributed by atoms with Gasteiger partial charge in [0, 0.05) is 0 Å². The maximum Gasteiger partial charge on any atom is 1.00 e. The summed E-state index contributed by atoms with van der Waals surface area (Å²) in [6.45, 7) is -0.713. The number of hydrogen-bond donors (Lipinski definition) is 3. The number of phosphoric acid groups is 1. The molecule has 0 radical (unpaired) electrons. The van der Waals surface area contributed by atoms with E-state index >= 15 is 0 Å². The summed E-state index contributed by atoms with van der Waals surface area (Å²) in [5, 5.41) is 7.96. The van der Waals surface area contributed by atoms with Crippen LogP contribution in [0.1, 0.15) is 5.71 Å². The van der Waals surface area contributed by atoms with Gasteiger partial charge in [0.1, 0.15) is 0 Å². The molecule has 3 N–H and O–H groups in total. The Hall–Kier alpha value is 4.07. The summed E-state index contributed by atoms with van der Waals surface area (Å²) in [6.07, 6.45) is 0. The predicted molar refractivity (Wildman–Crippen MR) is 29.5 cm³/mol. The standard InChI is InChI=1S/C2H7O5P.4Na.4H/c3-1-2-7-8(4,5)6;;;;;;;;/h3H,1-2H2,(H2,4,5,6);;;;;;;;/q;4*+1;4*-1. The van der Waals surface area contributed by atoms with Gasteiger partial charge in [0.2, 0.25) is 0 Å². The van der Waals surface area contributed by atoms with E-state index in [1.165, 1.54) is 0 Å². The van der Waals surface area contributed by atoms with Gasteiger partial charge in [0.25, 0.3) is 0 Å².